The number of anilines is 2. The minimum atomic E-state index is -0.438. The van der Waals surface area contributed by atoms with Crippen molar-refractivity contribution in [1.29, 1.82) is 0 Å². The maximum absolute atomic E-state index is 11.9. The SMILES string of the molecule is O=C(Nc1ccccc1)Nc1ccc2c(=O)[nH][nH]c(=O)c2c1. The topological polar surface area (TPSA) is 107 Å². The monoisotopic (exact) mass is 296 g/mol. The highest BCUT2D eigenvalue weighted by Gasteiger charge is 2.06. The van der Waals surface area contributed by atoms with Gasteiger partial charge in [-0.25, -0.2) is 4.79 Å². The van der Waals surface area contributed by atoms with Gasteiger partial charge in [-0.15, -0.1) is 0 Å². The van der Waals surface area contributed by atoms with Crippen LogP contribution in [0.15, 0.2) is 58.1 Å². The van der Waals surface area contributed by atoms with Gasteiger partial charge in [-0.05, 0) is 30.3 Å². The Morgan fingerprint density at radius 2 is 1.41 bits per heavy atom. The highest BCUT2D eigenvalue weighted by atomic mass is 16.2. The molecule has 7 heteroatoms. The second-order valence-electron chi connectivity index (χ2n) is 4.61. The van der Waals surface area contributed by atoms with E-state index in [1.807, 2.05) is 6.07 Å². The molecule has 0 spiro atoms. The van der Waals surface area contributed by atoms with Crippen LogP contribution in [0.3, 0.4) is 0 Å². The van der Waals surface area contributed by atoms with Gasteiger partial charge in [-0.1, -0.05) is 18.2 Å². The summed E-state index contributed by atoms with van der Waals surface area (Å²) in [7, 11) is 0. The molecule has 0 bridgehead atoms. The van der Waals surface area contributed by atoms with E-state index in [1.165, 1.54) is 12.1 Å². The van der Waals surface area contributed by atoms with Crippen molar-refractivity contribution in [2.45, 2.75) is 0 Å². The number of amides is 2. The summed E-state index contributed by atoms with van der Waals surface area (Å²) in [6.45, 7) is 0. The van der Waals surface area contributed by atoms with Gasteiger partial charge in [-0.2, -0.15) is 0 Å². The molecule has 2 aromatic carbocycles. The zero-order valence-electron chi connectivity index (χ0n) is 11.3. The minimum absolute atomic E-state index is 0.210. The Morgan fingerprint density at radius 3 is 2.14 bits per heavy atom. The Kier molecular flexibility index (Phi) is 3.45. The van der Waals surface area contributed by atoms with Gasteiger partial charge in [0.1, 0.15) is 0 Å². The van der Waals surface area contributed by atoms with Gasteiger partial charge in [-0.3, -0.25) is 19.8 Å². The van der Waals surface area contributed by atoms with E-state index >= 15 is 0 Å². The second-order valence-corrected chi connectivity index (χ2v) is 4.61. The Bertz CT molecular complexity index is 944. The Morgan fingerprint density at radius 1 is 0.773 bits per heavy atom. The van der Waals surface area contributed by atoms with Crippen molar-refractivity contribution < 1.29 is 4.79 Å². The van der Waals surface area contributed by atoms with Crippen LogP contribution < -0.4 is 21.8 Å². The van der Waals surface area contributed by atoms with Crippen LogP contribution in [0.25, 0.3) is 10.8 Å². The summed E-state index contributed by atoms with van der Waals surface area (Å²) < 4.78 is 0. The van der Waals surface area contributed by atoms with Crippen LogP contribution in [-0.4, -0.2) is 16.2 Å². The van der Waals surface area contributed by atoms with Gasteiger partial charge in [0, 0.05) is 11.4 Å². The van der Waals surface area contributed by atoms with E-state index in [0.29, 0.717) is 11.4 Å². The molecule has 0 saturated heterocycles. The smallest absolute Gasteiger partial charge is 0.308 e. The molecule has 0 radical (unpaired) electrons. The van der Waals surface area contributed by atoms with Crippen molar-refractivity contribution in [3.63, 3.8) is 0 Å². The number of carbonyl (C=O) groups excluding carboxylic acids is 1. The van der Waals surface area contributed by atoms with E-state index in [0.717, 1.165) is 0 Å². The van der Waals surface area contributed by atoms with Crippen molar-refractivity contribution in [3.05, 3.63) is 69.2 Å². The molecule has 4 N–H and O–H groups in total. The minimum Gasteiger partial charge on any atom is -0.308 e. The highest BCUT2D eigenvalue weighted by molar-refractivity contribution is 6.01. The molecule has 0 atom stereocenters. The number of rotatable bonds is 2. The Balaban J connectivity index is 1.85. The van der Waals surface area contributed by atoms with E-state index < -0.39 is 17.1 Å². The molecule has 0 aliphatic heterocycles. The average Bonchev–Trinajstić information content (AvgIpc) is 2.52. The molecule has 0 aliphatic carbocycles. The van der Waals surface area contributed by atoms with Crippen LogP contribution in [0.1, 0.15) is 0 Å². The molecule has 3 rings (SSSR count). The first kappa shape index (κ1) is 13.6. The largest absolute Gasteiger partial charge is 0.323 e. The molecule has 0 fully saturated rings. The number of nitrogens with one attached hydrogen (secondary N) is 4. The third-order valence-electron chi connectivity index (χ3n) is 3.09. The Hall–Kier alpha value is -3.35. The molecule has 3 aromatic rings. The van der Waals surface area contributed by atoms with Crippen molar-refractivity contribution in [3.8, 4) is 0 Å². The molecule has 7 nitrogen and oxygen atoms in total. The van der Waals surface area contributed by atoms with E-state index in [4.69, 9.17) is 0 Å². The fourth-order valence-corrected chi connectivity index (χ4v) is 2.07. The van der Waals surface area contributed by atoms with Crippen molar-refractivity contribution in [2.24, 2.45) is 0 Å². The summed E-state index contributed by atoms with van der Waals surface area (Å²) in [5.41, 5.74) is 0.240. The zero-order chi connectivity index (χ0) is 15.5. The molecule has 1 heterocycles. The van der Waals surface area contributed by atoms with Crippen LogP contribution in [-0.2, 0) is 0 Å². The number of aromatic amines is 2. The summed E-state index contributed by atoms with van der Waals surface area (Å²) in [6, 6.07) is 13.0. The maximum atomic E-state index is 11.9. The number of H-pyrrole nitrogens is 2. The molecule has 0 aliphatic rings. The fraction of sp³-hybridized carbons (Fsp3) is 0. The number of urea groups is 1. The quantitative estimate of drug-likeness (QED) is 0.579. The van der Waals surface area contributed by atoms with Crippen LogP contribution in [0.4, 0.5) is 16.2 Å². The number of aromatic nitrogens is 2. The predicted molar refractivity (Wildman–Crippen MR) is 84.3 cm³/mol. The van der Waals surface area contributed by atoms with Gasteiger partial charge < -0.3 is 10.6 Å². The molecule has 2 amide bonds. The first-order valence-corrected chi connectivity index (χ1v) is 6.51. The first-order valence-electron chi connectivity index (χ1n) is 6.51. The number of fused-ring (bicyclic) bond motifs is 1. The van der Waals surface area contributed by atoms with Gasteiger partial charge in [0.05, 0.1) is 10.8 Å². The standard InChI is InChI=1S/C15H12N4O3/c20-13-11-7-6-10(8-12(11)14(21)19-18-13)17-15(22)16-9-4-2-1-3-5-9/h1-8H,(H,18,20)(H,19,21)(H2,16,17,22). The van der Waals surface area contributed by atoms with Gasteiger partial charge in [0.25, 0.3) is 11.1 Å². The van der Waals surface area contributed by atoms with Crippen molar-refractivity contribution >= 4 is 28.2 Å². The molecular formula is C15H12N4O3. The van der Waals surface area contributed by atoms with E-state index in [-0.39, 0.29) is 10.8 Å². The number of carbonyl (C=O) groups is 1. The first-order chi connectivity index (χ1) is 10.6. The zero-order valence-corrected chi connectivity index (χ0v) is 11.3. The normalized spacial score (nSPS) is 10.4. The van der Waals surface area contributed by atoms with Crippen molar-refractivity contribution in [2.75, 3.05) is 10.6 Å². The molecule has 0 unspecified atom stereocenters. The van der Waals surface area contributed by atoms with E-state index in [2.05, 4.69) is 20.8 Å². The number of hydrogen-bond donors (Lipinski definition) is 4. The number of para-hydroxylation sites is 1. The van der Waals surface area contributed by atoms with E-state index in [1.54, 1.807) is 30.3 Å². The summed E-state index contributed by atoms with van der Waals surface area (Å²) in [5, 5.41) is 10.2. The summed E-state index contributed by atoms with van der Waals surface area (Å²) in [4.78, 5) is 35.2. The lowest BCUT2D eigenvalue weighted by Gasteiger charge is -2.08. The van der Waals surface area contributed by atoms with Gasteiger partial charge in [0.2, 0.25) is 0 Å². The van der Waals surface area contributed by atoms with Crippen LogP contribution in [0.5, 0.6) is 0 Å². The van der Waals surface area contributed by atoms with Gasteiger partial charge >= 0.3 is 6.03 Å². The van der Waals surface area contributed by atoms with Crippen LogP contribution in [0, 0.1) is 0 Å². The third kappa shape index (κ3) is 2.73. The Labute approximate surface area is 124 Å². The number of hydrogen-bond acceptors (Lipinski definition) is 3. The summed E-state index contributed by atoms with van der Waals surface area (Å²) in [6.07, 6.45) is 0. The second kappa shape index (κ2) is 5.57. The fourth-order valence-electron chi connectivity index (χ4n) is 2.07. The molecular weight excluding hydrogens is 284 g/mol. The molecule has 1 aromatic heterocycles. The van der Waals surface area contributed by atoms with E-state index in [9.17, 15) is 14.4 Å². The van der Waals surface area contributed by atoms with Crippen LogP contribution >= 0.6 is 0 Å². The van der Waals surface area contributed by atoms with Gasteiger partial charge in [0.15, 0.2) is 0 Å². The summed E-state index contributed by atoms with van der Waals surface area (Å²) >= 11 is 0. The number of benzene rings is 2. The maximum Gasteiger partial charge on any atom is 0.323 e. The molecule has 110 valence electrons. The lowest BCUT2D eigenvalue weighted by atomic mass is 10.2. The lowest BCUT2D eigenvalue weighted by molar-refractivity contribution is 0.262. The highest BCUT2D eigenvalue weighted by Crippen LogP contribution is 2.13. The average molecular weight is 296 g/mol. The van der Waals surface area contributed by atoms with Crippen molar-refractivity contribution in [1.82, 2.24) is 10.2 Å². The molecule has 22 heavy (non-hydrogen) atoms. The van der Waals surface area contributed by atoms with Crippen LogP contribution in [0.2, 0.25) is 0 Å². The molecule has 0 saturated carbocycles. The lowest BCUT2D eigenvalue weighted by Crippen LogP contribution is -2.21. The summed E-state index contributed by atoms with van der Waals surface area (Å²) in [5.74, 6) is 0. The predicted octanol–water partition coefficient (Wildman–Crippen LogP) is 1.86. The third-order valence-corrected chi connectivity index (χ3v) is 3.09.